The van der Waals surface area contributed by atoms with Crippen molar-refractivity contribution in [3.63, 3.8) is 0 Å². The van der Waals surface area contributed by atoms with Crippen LogP contribution in [0.4, 0.5) is 0 Å². The quantitative estimate of drug-likeness (QED) is 0.171. The molecule has 19 heteroatoms. The number of rotatable bonds is 16. The second-order valence-corrected chi connectivity index (χ2v) is 23.4. The van der Waals surface area contributed by atoms with E-state index < -0.39 is 68.7 Å². The summed E-state index contributed by atoms with van der Waals surface area (Å²) < 4.78 is 46.8. The highest BCUT2D eigenvalue weighted by molar-refractivity contribution is 7.91. The lowest BCUT2D eigenvalue weighted by molar-refractivity contribution is -0.161. The molecule has 0 spiro atoms. The predicted octanol–water partition coefficient (Wildman–Crippen LogP) is 5.54. The Morgan fingerprint density at radius 2 is 1.83 bits per heavy atom. The summed E-state index contributed by atoms with van der Waals surface area (Å²) in [5.41, 5.74) is -0.123. The molecule has 2 N–H and O–H groups in total. The number of pyridine rings is 1. The molecule has 2 aromatic heterocycles. The van der Waals surface area contributed by atoms with Crippen molar-refractivity contribution < 1.29 is 41.8 Å². The van der Waals surface area contributed by atoms with Gasteiger partial charge in [0.05, 0.1) is 35.7 Å². The summed E-state index contributed by atoms with van der Waals surface area (Å²) in [7, 11) is -3.93. The molecule has 0 radical (unpaired) electrons. The molecule has 1 aromatic carbocycles. The first-order valence-electron chi connectivity index (χ1n) is 23.0. The molecule has 3 saturated heterocycles. The Morgan fingerprint density at radius 1 is 1.11 bits per heavy atom. The van der Waals surface area contributed by atoms with Gasteiger partial charge in [0.2, 0.25) is 27.7 Å². The number of halogens is 1. The van der Waals surface area contributed by atoms with Crippen LogP contribution in [0.3, 0.4) is 0 Å². The first-order chi connectivity index (χ1) is 31.2. The van der Waals surface area contributed by atoms with E-state index in [0.717, 1.165) is 18.8 Å². The standard InChI is InChI=1S/C47H62ClN7O9S2/c1-9-28-22-47(28,45(59)52-66(60,61)29-10-11-29)51-42(57)33-21-37(34-24-54(38(56)23-46(6,7)8)41(27(4)5)44(58)55(33)34)64-36-20-31(43-50-32(25-65-43)26(2)3)49-40-30(36)12-13-35(39(40)48)63-19-16-53-14-17-62-18-15-53/h9,12-13,20,25-29,33-34,37,41H,1,10-11,14-19,21-24H2,2-8H3,(H,51,57)(H,52,59)/t28-,33+,34-,37-,41-,47-/m1/s1. The Hall–Kier alpha value is -4.36. The third-order valence-electron chi connectivity index (χ3n) is 13.2. The second kappa shape index (κ2) is 18.6. The highest BCUT2D eigenvalue weighted by Gasteiger charge is 2.63. The number of carbonyl (C=O) groups excluding carboxylic acids is 4. The number of aromatic nitrogens is 2. The number of thiazole rings is 1. The molecule has 358 valence electrons. The largest absolute Gasteiger partial charge is 0.491 e. The maximum absolute atomic E-state index is 15.0. The number of hydrogen-bond donors (Lipinski definition) is 2. The Morgan fingerprint density at radius 3 is 2.45 bits per heavy atom. The van der Waals surface area contributed by atoms with E-state index in [-0.39, 0.29) is 54.0 Å². The maximum Gasteiger partial charge on any atom is 0.259 e. The number of ether oxygens (including phenoxy) is 3. The van der Waals surface area contributed by atoms with Crippen LogP contribution < -0.4 is 19.5 Å². The third kappa shape index (κ3) is 9.80. The van der Waals surface area contributed by atoms with Gasteiger partial charge in [-0.15, -0.1) is 17.9 Å². The van der Waals surface area contributed by atoms with Crippen LogP contribution in [-0.4, -0.2) is 138 Å². The molecule has 3 aliphatic heterocycles. The Bertz CT molecular complexity index is 2500. The fourth-order valence-corrected chi connectivity index (χ4v) is 11.9. The Kier molecular flexibility index (Phi) is 13.6. The number of hydrogen-bond acceptors (Lipinski definition) is 13. The average molecular weight is 969 g/mol. The number of carbonyl (C=O) groups is 4. The number of piperazine rings is 1. The Labute approximate surface area is 396 Å². The smallest absolute Gasteiger partial charge is 0.259 e. The van der Waals surface area contributed by atoms with E-state index in [1.165, 1.54) is 22.3 Å². The van der Waals surface area contributed by atoms with Crippen LogP contribution >= 0.6 is 22.9 Å². The molecule has 5 heterocycles. The van der Waals surface area contributed by atoms with E-state index in [4.69, 9.17) is 35.8 Å². The van der Waals surface area contributed by atoms with Crippen molar-refractivity contribution in [1.29, 1.82) is 0 Å². The molecule has 0 unspecified atom stereocenters. The van der Waals surface area contributed by atoms with Crippen LogP contribution in [0.5, 0.6) is 11.5 Å². The van der Waals surface area contributed by atoms with Gasteiger partial charge < -0.3 is 29.3 Å². The molecule has 0 bridgehead atoms. The van der Waals surface area contributed by atoms with Crippen molar-refractivity contribution in [3.8, 4) is 22.2 Å². The minimum absolute atomic E-state index is 0.00441. The normalized spacial score (nSPS) is 25.8. The zero-order valence-corrected chi connectivity index (χ0v) is 41.2. The van der Waals surface area contributed by atoms with Gasteiger partial charge in [-0.25, -0.2) is 18.4 Å². The van der Waals surface area contributed by atoms with Crippen molar-refractivity contribution in [2.45, 2.75) is 122 Å². The molecule has 5 fully saturated rings. The number of nitrogens with one attached hydrogen (secondary N) is 2. The van der Waals surface area contributed by atoms with Crippen LogP contribution in [0, 0.1) is 17.3 Å². The molecule has 3 aromatic rings. The molecule has 4 amide bonds. The summed E-state index contributed by atoms with van der Waals surface area (Å²) in [5, 5.41) is 5.71. The fourth-order valence-electron chi connectivity index (χ4n) is 9.33. The maximum atomic E-state index is 15.0. The summed E-state index contributed by atoms with van der Waals surface area (Å²) in [5.74, 6) is -1.91. The van der Waals surface area contributed by atoms with E-state index in [2.05, 4.69) is 35.4 Å². The lowest BCUT2D eigenvalue weighted by Gasteiger charge is -2.47. The zero-order chi connectivity index (χ0) is 47.5. The van der Waals surface area contributed by atoms with Crippen molar-refractivity contribution in [2.75, 3.05) is 46.0 Å². The fraction of sp³-hybridized carbons (Fsp3) is 0.617. The molecule has 2 aliphatic carbocycles. The summed E-state index contributed by atoms with van der Waals surface area (Å²) in [4.78, 5) is 73.1. The van der Waals surface area contributed by atoms with Crippen LogP contribution in [-0.2, 0) is 33.9 Å². The number of sulfonamides is 1. The predicted molar refractivity (Wildman–Crippen MR) is 252 cm³/mol. The number of amides is 4. The van der Waals surface area contributed by atoms with Crippen LogP contribution in [0.15, 0.2) is 36.2 Å². The highest BCUT2D eigenvalue weighted by atomic mass is 35.5. The molecular formula is C47H62ClN7O9S2. The van der Waals surface area contributed by atoms with Crippen molar-refractivity contribution in [3.05, 3.63) is 47.0 Å². The van der Waals surface area contributed by atoms with E-state index in [1.54, 1.807) is 17.0 Å². The number of nitrogens with zero attached hydrogens (tertiary/aromatic N) is 5. The molecule has 6 atom stereocenters. The van der Waals surface area contributed by atoms with Crippen molar-refractivity contribution in [2.24, 2.45) is 17.3 Å². The minimum Gasteiger partial charge on any atom is -0.491 e. The number of fused-ring (bicyclic) bond motifs is 2. The van der Waals surface area contributed by atoms with Crippen molar-refractivity contribution in [1.82, 2.24) is 34.7 Å². The zero-order valence-electron chi connectivity index (χ0n) is 38.8. The van der Waals surface area contributed by atoms with Gasteiger partial charge in [0.25, 0.3) is 5.91 Å². The number of benzene rings is 1. The first-order valence-corrected chi connectivity index (χ1v) is 25.8. The van der Waals surface area contributed by atoms with Gasteiger partial charge >= 0.3 is 0 Å². The topological polar surface area (TPSA) is 190 Å². The summed E-state index contributed by atoms with van der Waals surface area (Å²) in [6, 6.07) is 2.59. The molecule has 8 rings (SSSR count). The first kappa shape index (κ1) is 48.1. The molecule has 2 saturated carbocycles. The SMILES string of the molecule is C=C[C@@H]1C[C@]1(NC(=O)[C@@H]1C[C@@H](Oc2cc(-c3nc(C(C)C)cs3)nc3c(Cl)c(OCCN4CCOCC4)ccc23)[C@H]2CN(C(=O)CC(C)(C)C)[C@H](C(C)C)C(=O)N21)C(=O)NS(=O)(=O)C1CC1. The van der Waals surface area contributed by atoms with Crippen LogP contribution in [0.1, 0.15) is 92.2 Å². The Balaban J connectivity index is 1.16. The van der Waals surface area contributed by atoms with Gasteiger partial charge in [0, 0.05) is 61.8 Å². The number of morpholine rings is 1. The minimum atomic E-state index is -3.93. The summed E-state index contributed by atoms with van der Waals surface area (Å²) >= 11 is 8.61. The molecular weight excluding hydrogens is 906 g/mol. The molecule has 5 aliphatic rings. The van der Waals surface area contributed by atoms with E-state index >= 15 is 0 Å². The van der Waals surface area contributed by atoms with Gasteiger partial charge in [0.15, 0.2) is 0 Å². The van der Waals surface area contributed by atoms with Gasteiger partial charge in [0.1, 0.15) is 57.6 Å². The molecule has 16 nitrogen and oxygen atoms in total. The lowest BCUT2D eigenvalue weighted by atomic mass is 9.89. The average Bonchev–Trinajstić information content (AvgIpc) is 4.15. The van der Waals surface area contributed by atoms with E-state index in [9.17, 15) is 27.6 Å². The third-order valence-corrected chi connectivity index (χ3v) is 16.3. The highest BCUT2D eigenvalue weighted by Crippen LogP contribution is 2.47. The van der Waals surface area contributed by atoms with Gasteiger partial charge in [-0.1, -0.05) is 66.1 Å². The monoisotopic (exact) mass is 967 g/mol. The van der Waals surface area contributed by atoms with E-state index in [1.807, 2.05) is 46.1 Å². The van der Waals surface area contributed by atoms with Gasteiger partial charge in [-0.05, 0) is 48.6 Å². The summed E-state index contributed by atoms with van der Waals surface area (Å²) in [6.07, 6.45) is 1.91. The van der Waals surface area contributed by atoms with E-state index in [0.29, 0.717) is 72.3 Å². The van der Waals surface area contributed by atoms with Gasteiger partial charge in [-0.3, -0.25) is 28.8 Å². The lowest BCUT2D eigenvalue weighted by Crippen LogP contribution is -2.67. The molecule has 66 heavy (non-hydrogen) atoms. The second-order valence-electron chi connectivity index (χ2n) is 20.2. The van der Waals surface area contributed by atoms with Crippen molar-refractivity contribution >= 4 is 67.5 Å². The van der Waals surface area contributed by atoms with Crippen LogP contribution in [0.25, 0.3) is 21.6 Å². The van der Waals surface area contributed by atoms with Crippen LogP contribution in [0.2, 0.25) is 5.02 Å². The summed E-state index contributed by atoms with van der Waals surface area (Å²) in [6.45, 7) is 21.8. The van der Waals surface area contributed by atoms with Gasteiger partial charge in [-0.2, -0.15) is 0 Å².